The van der Waals surface area contributed by atoms with Gasteiger partial charge in [-0.1, -0.05) is 0 Å². The Bertz CT molecular complexity index is 505. The van der Waals surface area contributed by atoms with Crippen LogP contribution in [0.25, 0.3) is 0 Å². The molecule has 0 spiro atoms. The highest BCUT2D eigenvalue weighted by atomic mass is 19.2. The molecule has 2 heterocycles. The molecule has 2 rings (SSSR count). The average Bonchev–Trinajstić information content (AvgIpc) is 2.41. The van der Waals surface area contributed by atoms with Crippen LogP contribution in [0.15, 0.2) is 12.3 Å². The first-order chi connectivity index (χ1) is 8.63. The van der Waals surface area contributed by atoms with Gasteiger partial charge in [-0.3, -0.25) is 4.79 Å². The first kappa shape index (κ1) is 12.4. The smallest absolute Gasteiger partial charge is 0.257 e. The fourth-order valence-electron chi connectivity index (χ4n) is 1.97. The Labute approximate surface area is 103 Å². The van der Waals surface area contributed by atoms with Crippen LogP contribution in [-0.2, 0) is 0 Å². The number of nitrogens with zero attached hydrogens (tertiary/aromatic N) is 3. The molecule has 1 aromatic heterocycles. The molecule has 0 aliphatic carbocycles. The van der Waals surface area contributed by atoms with Gasteiger partial charge in [-0.15, -0.1) is 0 Å². The molecule has 94 valence electrons. The zero-order chi connectivity index (χ0) is 13.1. The zero-order valence-corrected chi connectivity index (χ0v) is 9.57. The van der Waals surface area contributed by atoms with Gasteiger partial charge in [-0.2, -0.15) is 9.65 Å². The van der Waals surface area contributed by atoms with E-state index < -0.39 is 17.7 Å². The first-order valence-corrected chi connectivity index (χ1v) is 5.62. The lowest BCUT2D eigenvalue weighted by Gasteiger charge is -2.29. The summed E-state index contributed by atoms with van der Waals surface area (Å²) in [5.41, 5.74) is -0.307. The van der Waals surface area contributed by atoms with Crippen molar-refractivity contribution in [2.24, 2.45) is 5.92 Å². The molecular weight excluding hydrogens is 240 g/mol. The van der Waals surface area contributed by atoms with Crippen LogP contribution in [0.3, 0.4) is 0 Å². The van der Waals surface area contributed by atoms with Gasteiger partial charge in [-0.25, -0.2) is 9.37 Å². The number of carbonyl (C=O) groups excluding carboxylic acids is 1. The summed E-state index contributed by atoms with van der Waals surface area (Å²) in [5.74, 6) is -3.10. The van der Waals surface area contributed by atoms with Crippen molar-refractivity contribution in [3.8, 4) is 6.07 Å². The fraction of sp³-hybridized carbons (Fsp3) is 0.417. The molecule has 4 nitrogen and oxygen atoms in total. The van der Waals surface area contributed by atoms with Gasteiger partial charge in [0.15, 0.2) is 5.82 Å². The third-order valence-corrected chi connectivity index (χ3v) is 3.04. The topological polar surface area (TPSA) is 57.0 Å². The Balaban J connectivity index is 2.13. The monoisotopic (exact) mass is 251 g/mol. The number of carbonyl (C=O) groups is 1. The van der Waals surface area contributed by atoms with Crippen molar-refractivity contribution in [2.75, 3.05) is 13.1 Å². The van der Waals surface area contributed by atoms with E-state index in [1.54, 1.807) is 0 Å². The van der Waals surface area contributed by atoms with Gasteiger partial charge in [0.2, 0.25) is 5.95 Å². The van der Waals surface area contributed by atoms with Gasteiger partial charge in [-0.05, 0) is 18.9 Å². The van der Waals surface area contributed by atoms with Crippen LogP contribution in [0, 0.1) is 29.0 Å². The number of rotatable bonds is 1. The van der Waals surface area contributed by atoms with Crippen molar-refractivity contribution in [3.05, 3.63) is 29.6 Å². The molecule has 18 heavy (non-hydrogen) atoms. The Morgan fingerprint density at radius 2 is 2.11 bits per heavy atom. The predicted molar refractivity (Wildman–Crippen MR) is 58.4 cm³/mol. The van der Waals surface area contributed by atoms with E-state index in [2.05, 4.69) is 11.1 Å². The lowest BCUT2D eigenvalue weighted by atomic mass is 9.98. The van der Waals surface area contributed by atoms with Gasteiger partial charge < -0.3 is 4.90 Å². The normalized spacial score (nSPS) is 16.4. The van der Waals surface area contributed by atoms with Gasteiger partial charge in [0.1, 0.15) is 0 Å². The molecule has 1 aliphatic heterocycles. The van der Waals surface area contributed by atoms with Gasteiger partial charge in [0.25, 0.3) is 5.91 Å². The number of hydrogen-bond acceptors (Lipinski definition) is 3. The Morgan fingerprint density at radius 1 is 1.44 bits per heavy atom. The second kappa shape index (κ2) is 5.08. The molecule has 1 saturated heterocycles. The van der Waals surface area contributed by atoms with E-state index in [0.29, 0.717) is 25.9 Å². The highest BCUT2D eigenvalue weighted by Gasteiger charge is 2.26. The van der Waals surface area contributed by atoms with E-state index in [4.69, 9.17) is 5.26 Å². The summed E-state index contributed by atoms with van der Waals surface area (Å²) in [6.45, 7) is 0.779. The minimum Gasteiger partial charge on any atom is -0.338 e. The number of halogens is 2. The molecule has 6 heteroatoms. The maximum atomic E-state index is 13.4. The van der Waals surface area contributed by atoms with E-state index in [1.807, 2.05) is 0 Å². The predicted octanol–water partition coefficient (Wildman–Crippen LogP) is 1.74. The Morgan fingerprint density at radius 3 is 2.72 bits per heavy atom. The van der Waals surface area contributed by atoms with Crippen molar-refractivity contribution >= 4 is 5.91 Å². The van der Waals surface area contributed by atoms with Crippen LogP contribution in [0.1, 0.15) is 23.2 Å². The zero-order valence-electron chi connectivity index (χ0n) is 9.57. The molecule has 0 bridgehead atoms. The molecule has 1 amide bonds. The molecule has 0 N–H and O–H groups in total. The number of aromatic nitrogens is 1. The number of pyridine rings is 1. The average molecular weight is 251 g/mol. The lowest BCUT2D eigenvalue weighted by molar-refractivity contribution is 0.0701. The minimum absolute atomic E-state index is 0.0620. The van der Waals surface area contributed by atoms with Gasteiger partial charge in [0.05, 0.1) is 11.6 Å². The van der Waals surface area contributed by atoms with Crippen LogP contribution >= 0.6 is 0 Å². The van der Waals surface area contributed by atoms with E-state index in [1.165, 1.54) is 4.90 Å². The molecule has 0 unspecified atom stereocenters. The van der Waals surface area contributed by atoms with Crippen LogP contribution in [0.5, 0.6) is 0 Å². The van der Waals surface area contributed by atoms with Crippen LogP contribution in [0.4, 0.5) is 8.78 Å². The van der Waals surface area contributed by atoms with Crippen molar-refractivity contribution in [3.63, 3.8) is 0 Å². The van der Waals surface area contributed by atoms with Crippen LogP contribution < -0.4 is 0 Å². The highest BCUT2D eigenvalue weighted by Crippen LogP contribution is 2.19. The number of likely N-dealkylation sites (tertiary alicyclic amines) is 1. The van der Waals surface area contributed by atoms with E-state index in [0.717, 1.165) is 12.3 Å². The number of nitriles is 1. The summed E-state index contributed by atoms with van der Waals surface area (Å²) in [6.07, 6.45) is 2.20. The highest BCUT2D eigenvalue weighted by molar-refractivity contribution is 5.94. The second-order valence-electron chi connectivity index (χ2n) is 4.16. The summed E-state index contributed by atoms with van der Waals surface area (Å²) in [6, 6.07) is 3.31. The molecule has 1 aliphatic rings. The lowest BCUT2D eigenvalue weighted by Crippen LogP contribution is -2.38. The SMILES string of the molecule is N#CC1CCN(C(=O)c2ccnc(F)c2F)CC1. The van der Waals surface area contributed by atoms with Crippen molar-refractivity contribution < 1.29 is 13.6 Å². The van der Waals surface area contributed by atoms with Crippen LogP contribution in [-0.4, -0.2) is 28.9 Å². The Kier molecular flexibility index (Phi) is 3.51. The molecular formula is C12H11F2N3O. The summed E-state index contributed by atoms with van der Waals surface area (Å²) < 4.78 is 26.3. The third-order valence-electron chi connectivity index (χ3n) is 3.04. The van der Waals surface area contributed by atoms with Crippen molar-refractivity contribution in [1.29, 1.82) is 5.26 Å². The molecule has 0 aromatic carbocycles. The second-order valence-corrected chi connectivity index (χ2v) is 4.16. The third kappa shape index (κ3) is 2.30. The quantitative estimate of drug-likeness (QED) is 0.714. The summed E-state index contributed by atoms with van der Waals surface area (Å²) in [7, 11) is 0. The minimum atomic E-state index is -1.27. The number of hydrogen-bond donors (Lipinski definition) is 0. The summed E-state index contributed by atoms with van der Waals surface area (Å²) >= 11 is 0. The van der Waals surface area contributed by atoms with E-state index >= 15 is 0 Å². The van der Waals surface area contributed by atoms with Crippen LogP contribution in [0.2, 0.25) is 0 Å². The first-order valence-electron chi connectivity index (χ1n) is 5.62. The largest absolute Gasteiger partial charge is 0.338 e. The fourth-order valence-corrected chi connectivity index (χ4v) is 1.97. The molecule has 1 aromatic rings. The van der Waals surface area contributed by atoms with Crippen molar-refractivity contribution in [1.82, 2.24) is 9.88 Å². The molecule has 1 fully saturated rings. The molecule has 0 atom stereocenters. The molecule has 0 saturated carbocycles. The van der Waals surface area contributed by atoms with Crippen molar-refractivity contribution in [2.45, 2.75) is 12.8 Å². The number of amides is 1. The number of piperidine rings is 1. The Hall–Kier alpha value is -2.03. The summed E-state index contributed by atoms with van der Waals surface area (Å²) in [5, 5.41) is 8.74. The standard InChI is InChI=1S/C12H11F2N3O/c13-10-9(1-4-16-11(10)14)12(18)17-5-2-8(7-15)3-6-17/h1,4,8H,2-3,5-6H2. The van der Waals surface area contributed by atoms with Gasteiger partial charge >= 0.3 is 0 Å². The van der Waals surface area contributed by atoms with Gasteiger partial charge in [0, 0.05) is 25.2 Å². The summed E-state index contributed by atoms with van der Waals surface area (Å²) in [4.78, 5) is 16.5. The molecule has 0 radical (unpaired) electrons. The maximum Gasteiger partial charge on any atom is 0.257 e. The van der Waals surface area contributed by atoms with E-state index in [-0.39, 0.29) is 11.5 Å². The van der Waals surface area contributed by atoms with E-state index in [9.17, 15) is 13.6 Å². The maximum absolute atomic E-state index is 13.4.